The Hall–Kier alpha value is -1.88. The minimum atomic E-state index is -0.271. The topological polar surface area (TPSA) is 68.0 Å². The van der Waals surface area contributed by atoms with Gasteiger partial charge in [0.25, 0.3) is 5.91 Å². The number of nitrogens with one attached hydrogen (secondary N) is 1. The van der Waals surface area contributed by atoms with E-state index in [1.807, 2.05) is 6.92 Å². The number of pyridine rings is 1. The predicted molar refractivity (Wildman–Crippen MR) is 63.1 cm³/mol. The summed E-state index contributed by atoms with van der Waals surface area (Å²) in [6.07, 6.45) is 3.48. The van der Waals surface area contributed by atoms with Crippen molar-refractivity contribution in [3.05, 3.63) is 41.0 Å². The van der Waals surface area contributed by atoms with Crippen molar-refractivity contribution in [1.29, 1.82) is 0 Å². The van der Waals surface area contributed by atoms with Gasteiger partial charge in [-0.25, -0.2) is 4.98 Å². The molecule has 88 valence electrons. The molecule has 0 aromatic carbocycles. The van der Waals surface area contributed by atoms with Gasteiger partial charge in [0.1, 0.15) is 17.1 Å². The van der Waals surface area contributed by atoms with E-state index < -0.39 is 0 Å². The highest BCUT2D eigenvalue weighted by molar-refractivity contribution is 6.29. The molecule has 2 heterocycles. The fourth-order valence-corrected chi connectivity index (χ4v) is 1.56. The van der Waals surface area contributed by atoms with Gasteiger partial charge < -0.3 is 9.84 Å². The lowest BCUT2D eigenvalue weighted by Crippen LogP contribution is -2.12. The number of carbonyl (C=O) groups excluding carboxylic acids is 1. The molecule has 0 aliphatic rings. The molecule has 0 radical (unpaired) electrons. The zero-order valence-electron chi connectivity index (χ0n) is 9.11. The van der Waals surface area contributed by atoms with E-state index in [1.54, 1.807) is 6.07 Å². The van der Waals surface area contributed by atoms with Crippen LogP contribution in [0.1, 0.15) is 23.0 Å². The number of aromatic nitrogens is 2. The van der Waals surface area contributed by atoms with Gasteiger partial charge in [-0.05, 0) is 18.6 Å². The van der Waals surface area contributed by atoms with E-state index in [4.69, 9.17) is 11.6 Å². The van der Waals surface area contributed by atoms with Crippen LogP contribution in [-0.4, -0.2) is 16.0 Å². The van der Waals surface area contributed by atoms with Gasteiger partial charge in [-0.2, -0.15) is 0 Å². The van der Waals surface area contributed by atoms with E-state index in [-0.39, 0.29) is 5.91 Å². The number of anilines is 1. The molecule has 1 N–H and O–H groups in total. The average Bonchev–Trinajstić information content (AvgIpc) is 2.81. The molecule has 0 spiro atoms. The molecule has 1 amide bonds. The molecular formula is C11H10ClN3O2. The summed E-state index contributed by atoms with van der Waals surface area (Å²) in [5.74, 6) is -0.271. The average molecular weight is 252 g/mol. The minimum absolute atomic E-state index is 0.271. The largest absolute Gasteiger partial charge is 0.363 e. The SMILES string of the molecule is CCc1cc(C(=O)Nc2cnoc2)cc(Cl)n1. The summed E-state index contributed by atoms with van der Waals surface area (Å²) in [6.45, 7) is 1.94. The highest BCUT2D eigenvalue weighted by atomic mass is 35.5. The first-order valence-electron chi connectivity index (χ1n) is 5.06. The molecule has 2 rings (SSSR count). The number of nitrogens with zero attached hydrogens (tertiary/aromatic N) is 2. The third-order valence-electron chi connectivity index (χ3n) is 2.16. The summed E-state index contributed by atoms with van der Waals surface area (Å²) in [4.78, 5) is 16.0. The van der Waals surface area contributed by atoms with Gasteiger partial charge in [-0.3, -0.25) is 4.79 Å². The predicted octanol–water partition coefficient (Wildman–Crippen LogP) is 2.54. The van der Waals surface area contributed by atoms with E-state index in [0.29, 0.717) is 22.8 Å². The van der Waals surface area contributed by atoms with Crippen molar-refractivity contribution in [1.82, 2.24) is 10.1 Å². The molecule has 2 aromatic heterocycles. The van der Waals surface area contributed by atoms with Gasteiger partial charge in [0.05, 0.1) is 6.20 Å². The fourth-order valence-electron chi connectivity index (χ4n) is 1.33. The first kappa shape index (κ1) is 11.6. The van der Waals surface area contributed by atoms with Gasteiger partial charge >= 0.3 is 0 Å². The van der Waals surface area contributed by atoms with Crippen molar-refractivity contribution in [3.8, 4) is 0 Å². The Bertz CT molecular complexity index is 526. The third-order valence-corrected chi connectivity index (χ3v) is 2.36. The van der Waals surface area contributed by atoms with Crippen molar-refractivity contribution in [2.45, 2.75) is 13.3 Å². The molecule has 0 saturated carbocycles. The molecule has 0 fully saturated rings. The smallest absolute Gasteiger partial charge is 0.255 e. The van der Waals surface area contributed by atoms with E-state index in [9.17, 15) is 4.79 Å². The van der Waals surface area contributed by atoms with E-state index >= 15 is 0 Å². The Morgan fingerprint density at radius 3 is 3.00 bits per heavy atom. The lowest BCUT2D eigenvalue weighted by molar-refractivity contribution is 0.102. The second-order valence-corrected chi connectivity index (χ2v) is 3.78. The van der Waals surface area contributed by atoms with Crippen LogP contribution in [-0.2, 0) is 6.42 Å². The quantitative estimate of drug-likeness (QED) is 0.851. The molecule has 0 saturated heterocycles. The molecule has 0 bridgehead atoms. The molecule has 0 aliphatic carbocycles. The summed E-state index contributed by atoms with van der Waals surface area (Å²) in [5.41, 5.74) is 1.73. The number of hydrogen-bond acceptors (Lipinski definition) is 4. The van der Waals surface area contributed by atoms with Crippen LogP contribution in [0.4, 0.5) is 5.69 Å². The molecule has 6 heteroatoms. The lowest BCUT2D eigenvalue weighted by atomic mass is 10.2. The highest BCUT2D eigenvalue weighted by Gasteiger charge is 2.09. The van der Waals surface area contributed by atoms with Gasteiger partial charge in [-0.1, -0.05) is 23.7 Å². The lowest BCUT2D eigenvalue weighted by Gasteiger charge is -2.04. The number of carbonyl (C=O) groups is 1. The number of rotatable bonds is 3. The monoisotopic (exact) mass is 251 g/mol. The van der Waals surface area contributed by atoms with Crippen LogP contribution >= 0.6 is 11.6 Å². The summed E-state index contributed by atoms with van der Waals surface area (Å²) in [5, 5.41) is 6.43. The summed E-state index contributed by atoms with van der Waals surface area (Å²) < 4.78 is 4.62. The highest BCUT2D eigenvalue weighted by Crippen LogP contribution is 2.13. The van der Waals surface area contributed by atoms with E-state index in [1.165, 1.54) is 18.5 Å². The Morgan fingerprint density at radius 1 is 1.53 bits per heavy atom. The maximum Gasteiger partial charge on any atom is 0.255 e. The van der Waals surface area contributed by atoms with Crippen LogP contribution in [0, 0.1) is 0 Å². The fraction of sp³-hybridized carbons (Fsp3) is 0.182. The van der Waals surface area contributed by atoms with Crippen LogP contribution < -0.4 is 5.32 Å². The van der Waals surface area contributed by atoms with Crippen LogP contribution in [0.5, 0.6) is 0 Å². The van der Waals surface area contributed by atoms with Crippen molar-refractivity contribution < 1.29 is 9.32 Å². The van der Waals surface area contributed by atoms with Crippen molar-refractivity contribution in [3.63, 3.8) is 0 Å². The zero-order valence-corrected chi connectivity index (χ0v) is 9.86. The number of amides is 1. The van der Waals surface area contributed by atoms with Crippen LogP contribution in [0.3, 0.4) is 0 Å². The van der Waals surface area contributed by atoms with Crippen molar-refractivity contribution >= 4 is 23.2 Å². The Balaban J connectivity index is 2.21. The van der Waals surface area contributed by atoms with Gasteiger partial charge in [0, 0.05) is 11.3 Å². The summed E-state index contributed by atoms with van der Waals surface area (Å²) >= 11 is 5.83. The number of halogens is 1. The minimum Gasteiger partial charge on any atom is -0.363 e. The van der Waals surface area contributed by atoms with Gasteiger partial charge in [0.2, 0.25) is 0 Å². The third kappa shape index (κ3) is 2.82. The van der Waals surface area contributed by atoms with Crippen molar-refractivity contribution in [2.75, 3.05) is 5.32 Å². The number of aryl methyl sites for hydroxylation is 1. The molecule has 5 nitrogen and oxygen atoms in total. The molecule has 0 atom stereocenters. The molecule has 17 heavy (non-hydrogen) atoms. The molecule has 0 unspecified atom stereocenters. The maximum atomic E-state index is 11.9. The normalized spacial score (nSPS) is 10.2. The van der Waals surface area contributed by atoms with Gasteiger partial charge in [-0.15, -0.1) is 0 Å². The van der Waals surface area contributed by atoms with E-state index in [2.05, 4.69) is 20.0 Å². The second kappa shape index (κ2) is 4.97. The Morgan fingerprint density at radius 2 is 2.35 bits per heavy atom. The van der Waals surface area contributed by atoms with Crippen LogP contribution in [0.15, 0.2) is 29.1 Å². The summed E-state index contributed by atoms with van der Waals surface area (Å²) in [6, 6.07) is 3.22. The first-order chi connectivity index (χ1) is 8.19. The number of hydrogen-bond donors (Lipinski definition) is 1. The maximum absolute atomic E-state index is 11.9. The molecular weight excluding hydrogens is 242 g/mol. The second-order valence-electron chi connectivity index (χ2n) is 3.39. The van der Waals surface area contributed by atoms with Crippen LogP contribution in [0.25, 0.3) is 0 Å². The standard InChI is InChI=1S/C11H10ClN3O2/c1-2-8-3-7(4-10(12)14-8)11(16)15-9-5-13-17-6-9/h3-6H,2H2,1H3,(H,15,16). The molecule has 0 aliphatic heterocycles. The van der Waals surface area contributed by atoms with Gasteiger partial charge in [0.15, 0.2) is 0 Å². The van der Waals surface area contributed by atoms with E-state index in [0.717, 1.165) is 5.69 Å². The Labute approximate surface area is 103 Å². The first-order valence-corrected chi connectivity index (χ1v) is 5.44. The van der Waals surface area contributed by atoms with Crippen LogP contribution in [0.2, 0.25) is 5.15 Å². The zero-order chi connectivity index (χ0) is 12.3. The summed E-state index contributed by atoms with van der Waals surface area (Å²) in [7, 11) is 0. The molecule has 2 aromatic rings. The Kier molecular flexibility index (Phi) is 3.39. The van der Waals surface area contributed by atoms with Crippen molar-refractivity contribution in [2.24, 2.45) is 0 Å².